The molecular formula is C9H13NO3. The van der Waals surface area contributed by atoms with E-state index in [9.17, 15) is 4.79 Å². The van der Waals surface area contributed by atoms with Crippen LogP contribution in [0, 0.1) is 16.7 Å². The number of carboxylic acid groups (broad SMARTS) is 1. The molecule has 0 fully saturated rings. The Bertz CT molecular complexity index is 255. The number of nitriles is 1. The monoisotopic (exact) mass is 183 g/mol. The second kappa shape index (κ2) is 4.51. The van der Waals surface area contributed by atoms with Crippen molar-refractivity contribution in [3.8, 4) is 6.07 Å². The summed E-state index contributed by atoms with van der Waals surface area (Å²) < 4.78 is 4.95. The summed E-state index contributed by atoms with van der Waals surface area (Å²) in [4.78, 5) is 10.2. The van der Waals surface area contributed by atoms with Gasteiger partial charge in [-0.25, -0.2) is 4.79 Å². The number of rotatable bonds is 3. The summed E-state index contributed by atoms with van der Waals surface area (Å²) in [6.45, 7) is 5.12. The Morgan fingerprint density at radius 3 is 2.46 bits per heavy atom. The van der Waals surface area contributed by atoms with Gasteiger partial charge in [0.25, 0.3) is 0 Å². The molecule has 0 aliphatic carbocycles. The third kappa shape index (κ3) is 4.86. The molecule has 0 amide bonds. The fourth-order valence-electron chi connectivity index (χ4n) is 0.673. The zero-order valence-electron chi connectivity index (χ0n) is 8.00. The van der Waals surface area contributed by atoms with Crippen LogP contribution in [0.5, 0.6) is 0 Å². The number of ether oxygens (including phenoxy) is 1. The third-order valence-corrected chi connectivity index (χ3v) is 1.29. The Morgan fingerprint density at radius 2 is 2.15 bits per heavy atom. The summed E-state index contributed by atoms with van der Waals surface area (Å²) in [5.74, 6) is -0.662. The van der Waals surface area contributed by atoms with Gasteiger partial charge in [-0.15, -0.1) is 0 Å². The number of carboxylic acids is 1. The van der Waals surface area contributed by atoms with E-state index in [0.29, 0.717) is 5.76 Å². The Morgan fingerprint density at radius 1 is 1.62 bits per heavy atom. The van der Waals surface area contributed by atoms with Gasteiger partial charge < -0.3 is 9.84 Å². The second-order valence-corrected chi connectivity index (χ2v) is 3.57. The Labute approximate surface area is 77.4 Å². The molecule has 4 nitrogen and oxygen atoms in total. The van der Waals surface area contributed by atoms with Crippen LogP contribution < -0.4 is 0 Å². The van der Waals surface area contributed by atoms with Gasteiger partial charge in [-0.05, 0) is 0 Å². The van der Waals surface area contributed by atoms with E-state index >= 15 is 0 Å². The van der Waals surface area contributed by atoms with E-state index in [1.54, 1.807) is 0 Å². The molecule has 4 heteroatoms. The molecule has 1 N–H and O–H groups in total. The second-order valence-electron chi connectivity index (χ2n) is 3.57. The lowest BCUT2D eigenvalue weighted by Gasteiger charge is -2.21. The molecule has 0 heterocycles. The van der Waals surface area contributed by atoms with Gasteiger partial charge in [-0.2, -0.15) is 5.26 Å². The predicted molar refractivity (Wildman–Crippen MR) is 46.7 cm³/mol. The van der Waals surface area contributed by atoms with Gasteiger partial charge in [0.05, 0.1) is 12.1 Å². The first kappa shape index (κ1) is 11.5. The van der Waals surface area contributed by atoms with Gasteiger partial charge in [0.1, 0.15) is 5.76 Å². The minimum Gasteiger partial charge on any atom is -0.485 e. The van der Waals surface area contributed by atoms with E-state index in [-0.39, 0.29) is 5.41 Å². The maximum Gasteiger partial charge on any atom is 0.341 e. The number of allylic oxidation sites excluding steroid dienone is 2. The summed E-state index contributed by atoms with van der Waals surface area (Å²) in [7, 11) is 0. The Kier molecular flexibility index (Phi) is 3.99. The van der Waals surface area contributed by atoms with Crippen molar-refractivity contribution in [3.63, 3.8) is 0 Å². The van der Waals surface area contributed by atoms with Crippen LogP contribution >= 0.6 is 0 Å². The van der Waals surface area contributed by atoms with Crippen molar-refractivity contribution >= 4 is 5.97 Å². The highest BCUT2D eigenvalue weighted by Crippen LogP contribution is 2.25. The summed E-state index contributed by atoms with van der Waals surface area (Å²) >= 11 is 0. The summed E-state index contributed by atoms with van der Waals surface area (Å²) in [5.41, 5.74) is -0.342. The first-order valence-electron chi connectivity index (χ1n) is 3.83. The zero-order valence-corrected chi connectivity index (χ0v) is 8.00. The summed E-state index contributed by atoms with van der Waals surface area (Å²) in [6.07, 6.45) is 1.23. The maximum absolute atomic E-state index is 10.2. The van der Waals surface area contributed by atoms with Crippen LogP contribution in [0.1, 0.15) is 20.8 Å². The highest BCUT2D eigenvalue weighted by atomic mass is 16.5. The van der Waals surface area contributed by atoms with E-state index in [0.717, 1.165) is 0 Å². The third-order valence-electron chi connectivity index (χ3n) is 1.29. The lowest BCUT2D eigenvalue weighted by Crippen LogP contribution is -2.16. The number of hydrogen-bond acceptors (Lipinski definition) is 3. The Hall–Kier alpha value is -1.50. The summed E-state index contributed by atoms with van der Waals surface area (Å²) in [5, 5.41) is 16.8. The predicted octanol–water partition coefficient (Wildman–Crippen LogP) is 1.54. The standard InChI is InChI=1S/C9H13NO3/c1-9(2,3)7(4-5-10)13-6-8(11)12/h4H,6H2,1-3H3,(H,11,12)/b7-4-. The first-order valence-corrected chi connectivity index (χ1v) is 3.83. The zero-order chi connectivity index (χ0) is 10.5. The maximum atomic E-state index is 10.2. The van der Waals surface area contributed by atoms with Crippen molar-refractivity contribution < 1.29 is 14.6 Å². The van der Waals surface area contributed by atoms with Gasteiger partial charge >= 0.3 is 5.97 Å². The van der Waals surface area contributed by atoms with Gasteiger partial charge in [-0.1, -0.05) is 20.8 Å². The van der Waals surface area contributed by atoms with Gasteiger partial charge in [-0.3, -0.25) is 0 Å². The molecule has 13 heavy (non-hydrogen) atoms. The molecule has 0 saturated carbocycles. The van der Waals surface area contributed by atoms with Gasteiger partial charge in [0.15, 0.2) is 6.61 Å². The average Bonchev–Trinajstić information content (AvgIpc) is 1.95. The van der Waals surface area contributed by atoms with Crippen molar-refractivity contribution in [2.45, 2.75) is 20.8 Å². The van der Waals surface area contributed by atoms with Gasteiger partial charge in [0.2, 0.25) is 0 Å². The van der Waals surface area contributed by atoms with Crippen LogP contribution in [0.25, 0.3) is 0 Å². The van der Waals surface area contributed by atoms with Crippen LogP contribution in [0.4, 0.5) is 0 Å². The summed E-state index contributed by atoms with van der Waals surface area (Å²) in [6, 6.07) is 1.82. The largest absolute Gasteiger partial charge is 0.485 e. The first-order chi connectivity index (χ1) is 5.88. The van der Waals surface area contributed by atoms with Crippen LogP contribution in [0.15, 0.2) is 11.8 Å². The van der Waals surface area contributed by atoms with E-state index in [1.165, 1.54) is 6.08 Å². The molecule has 0 saturated heterocycles. The van der Waals surface area contributed by atoms with Crippen LogP contribution in [-0.2, 0) is 9.53 Å². The molecule has 0 bridgehead atoms. The Balaban J connectivity index is 4.40. The average molecular weight is 183 g/mol. The molecule has 0 aromatic heterocycles. The molecule has 0 aliphatic heterocycles. The van der Waals surface area contributed by atoms with Crippen LogP contribution in [-0.4, -0.2) is 17.7 Å². The molecular weight excluding hydrogens is 170 g/mol. The molecule has 72 valence electrons. The van der Waals surface area contributed by atoms with Crippen molar-refractivity contribution in [1.29, 1.82) is 5.26 Å². The molecule has 0 atom stereocenters. The lowest BCUT2D eigenvalue weighted by molar-refractivity contribution is -0.141. The van der Waals surface area contributed by atoms with Crippen molar-refractivity contribution in [3.05, 3.63) is 11.8 Å². The SMILES string of the molecule is CC(C)(C)/C(=C/C#N)OCC(=O)O. The minimum atomic E-state index is -1.05. The van der Waals surface area contributed by atoms with Gasteiger partial charge in [0, 0.05) is 5.41 Å². The molecule has 0 aromatic carbocycles. The fourth-order valence-corrected chi connectivity index (χ4v) is 0.673. The van der Waals surface area contributed by atoms with E-state index in [4.69, 9.17) is 15.1 Å². The van der Waals surface area contributed by atoms with Crippen LogP contribution in [0.2, 0.25) is 0 Å². The normalized spacial score (nSPS) is 12.0. The van der Waals surface area contributed by atoms with E-state index in [1.807, 2.05) is 26.8 Å². The molecule has 0 radical (unpaired) electrons. The molecule has 0 aliphatic rings. The smallest absolute Gasteiger partial charge is 0.341 e. The number of nitrogens with zero attached hydrogens (tertiary/aromatic N) is 1. The lowest BCUT2D eigenvalue weighted by atomic mass is 9.93. The molecule has 0 unspecified atom stereocenters. The topological polar surface area (TPSA) is 70.3 Å². The van der Waals surface area contributed by atoms with Crippen molar-refractivity contribution in [2.24, 2.45) is 5.41 Å². The quantitative estimate of drug-likeness (QED) is 0.532. The highest BCUT2D eigenvalue weighted by molar-refractivity contribution is 5.68. The number of aliphatic carboxylic acids is 1. The molecule has 0 aromatic rings. The van der Waals surface area contributed by atoms with E-state index in [2.05, 4.69) is 0 Å². The van der Waals surface area contributed by atoms with Crippen LogP contribution in [0.3, 0.4) is 0 Å². The molecule has 0 rings (SSSR count). The molecule has 0 spiro atoms. The fraction of sp³-hybridized carbons (Fsp3) is 0.556. The number of hydrogen-bond donors (Lipinski definition) is 1. The van der Waals surface area contributed by atoms with E-state index < -0.39 is 12.6 Å². The highest BCUT2D eigenvalue weighted by Gasteiger charge is 2.19. The minimum absolute atomic E-state index is 0.342. The number of carbonyl (C=O) groups is 1. The van der Waals surface area contributed by atoms with Crippen molar-refractivity contribution in [2.75, 3.05) is 6.61 Å². The van der Waals surface area contributed by atoms with Crippen molar-refractivity contribution in [1.82, 2.24) is 0 Å².